The van der Waals surface area contributed by atoms with Crippen molar-refractivity contribution in [2.24, 2.45) is 0 Å². The Bertz CT molecular complexity index is 975. The van der Waals surface area contributed by atoms with E-state index in [9.17, 15) is 0 Å². The molecule has 0 saturated carbocycles. The summed E-state index contributed by atoms with van der Waals surface area (Å²) in [7, 11) is 0. The summed E-state index contributed by atoms with van der Waals surface area (Å²) in [5, 5.41) is 0. The number of imidazole rings is 2. The van der Waals surface area contributed by atoms with E-state index in [1.165, 1.54) is 44.8 Å². The fourth-order valence-corrected chi connectivity index (χ4v) is 3.83. The SMILES string of the molecule is Cc1cccc([C@@H](C)c2cnc[nH]2)c1C.Cc1cccc([C@H](C)c2cnc[nH]2)c1C. The third-order valence-electron chi connectivity index (χ3n) is 6.20. The zero-order chi connectivity index (χ0) is 21.7. The van der Waals surface area contributed by atoms with Crippen LogP contribution in [0, 0.1) is 27.7 Å². The lowest BCUT2D eigenvalue weighted by molar-refractivity contribution is 0.871. The summed E-state index contributed by atoms with van der Waals surface area (Å²) in [5.41, 5.74) is 10.5. The number of benzene rings is 2. The third kappa shape index (κ3) is 4.70. The molecule has 4 aromatic rings. The maximum Gasteiger partial charge on any atom is 0.0921 e. The number of aryl methyl sites for hydroxylation is 2. The number of rotatable bonds is 4. The van der Waals surface area contributed by atoms with Gasteiger partial charge in [0.2, 0.25) is 0 Å². The van der Waals surface area contributed by atoms with Gasteiger partial charge >= 0.3 is 0 Å². The molecule has 4 heteroatoms. The minimum atomic E-state index is 0.382. The van der Waals surface area contributed by atoms with E-state index in [0.29, 0.717) is 11.8 Å². The molecule has 2 heterocycles. The van der Waals surface area contributed by atoms with Crippen molar-refractivity contribution in [3.8, 4) is 0 Å². The van der Waals surface area contributed by atoms with Gasteiger partial charge < -0.3 is 9.97 Å². The molecule has 0 amide bonds. The van der Waals surface area contributed by atoms with Crippen LogP contribution in [0.1, 0.15) is 70.5 Å². The number of nitrogens with one attached hydrogen (secondary N) is 2. The van der Waals surface area contributed by atoms with Gasteiger partial charge in [0.15, 0.2) is 0 Å². The molecule has 2 atom stereocenters. The summed E-state index contributed by atoms with van der Waals surface area (Å²) in [6, 6.07) is 12.9. The monoisotopic (exact) mass is 400 g/mol. The van der Waals surface area contributed by atoms with Gasteiger partial charge in [-0.3, -0.25) is 0 Å². The summed E-state index contributed by atoms with van der Waals surface area (Å²) in [6.07, 6.45) is 7.26. The van der Waals surface area contributed by atoms with Crippen molar-refractivity contribution < 1.29 is 0 Å². The Morgan fingerprint density at radius 2 is 1.03 bits per heavy atom. The molecule has 30 heavy (non-hydrogen) atoms. The molecule has 2 N–H and O–H groups in total. The molecule has 0 aliphatic heterocycles. The second-order valence-corrected chi connectivity index (χ2v) is 8.04. The number of nitrogens with zero attached hydrogens (tertiary/aromatic N) is 2. The molecule has 0 bridgehead atoms. The molecule has 0 fully saturated rings. The number of hydrogen-bond donors (Lipinski definition) is 2. The van der Waals surface area contributed by atoms with Crippen LogP contribution in [-0.4, -0.2) is 19.9 Å². The first kappa shape index (κ1) is 21.6. The largest absolute Gasteiger partial charge is 0.348 e. The Morgan fingerprint density at radius 1 is 0.633 bits per heavy atom. The molecular formula is C26H32N4. The van der Waals surface area contributed by atoms with Crippen molar-refractivity contribution in [1.82, 2.24) is 19.9 Å². The summed E-state index contributed by atoms with van der Waals surface area (Å²) < 4.78 is 0. The topological polar surface area (TPSA) is 57.4 Å². The van der Waals surface area contributed by atoms with Gasteiger partial charge in [-0.15, -0.1) is 0 Å². The smallest absolute Gasteiger partial charge is 0.0921 e. The van der Waals surface area contributed by atoms with E-state index in [4.69, 9.17) is 0 Å². The lowest BCUT2D eigenvalue weighted by atomic mass is 9.92. The van der Waals surface area contributed by atoms with Crippen LogP contribution in [0.3, 0.4) is 0 Å². The fraction of sp³-hybridized carbons (Fsp3) is 0.308. The maximum absolute atomic E-state index is 4.07. The van der Waals surface area contributed by atoms with Crippen LogP contribution in [-0.2, 0) is 0 Å². The van der Waals surface area contributed by atoms with Crippen LogP contribution in [0.5, 0.6) is 0 Å². The molecule has 4 rings (SSSR count). The summed E-state index contributed by atoms with van der Waals surface area (Å²) in [5.74, 6) is 0.764. The second-order valence-electron chi connectivity index (χ2n) is 8.04. The highest BCUT2D eigenvalue weighted by Crippen LogP contribution is 2.27. The predicted octanol–water partition coefficient (Wildman–Crippen LogP) is 6.36. The fourth-order valence-electron chi connectivity index (χ4n) is 3.83. The zero-order valence-electron chi connectivity index (χ0n) is 18.8. The van der Waals surface area contributed by atoms with Gasteiger partial charge in [-0.2, -0.15) is 0 Å². The van der Waals surface area contributed by atoms with Gasteiger partial charge in [-0.25, -0.2) is 9.97 Å². The molecule has 156 valence electrons. The van der Waals surface area contributed by atoms with Crippen molar-refractivity contribution in [3.05, 3.63) is 106 Å². The lowest BCUT2D eigenvalue weighted by Gasteiger charge is -2.14. The average Bonchev–Trinajstić information content (AvgIpc) is 3.46. The highest BCUT2D eigenvalue weighted by Gasteiger charge is 2.13. The summed E-state index contributed by atoms with van der Waals surface area (Å²) >= 11 is 0. The van der Waals surface area contributed by atoms with Crippen molar-refractivity contribution in [2.75, 3.05) is 0 Å². The van der Waals surface area contributed by atoms with Crippen LogP contribution in [0.25, 0.3) is 0 Å². The van der Waals surface area contributed by atoms with Gasteiger partial charge in [0.25, 0.3) is 0 Å². The number of hydrogen-bond acceptors (Lipinski definition) is 2. The van der Waals surface area contributed by atoms with Crippen LogP contribution >= 0.6 is 0 Å². The average molecular weight is 401 g/mol. The quantitative estimate of drug-likeness (QED) is 0.419. The van der Waals surface area contributed by atoms with Gasteiger partial charge in [-0.05, 0) is 61.1 Å². The van der Waals surface area contributed by atoms with Gasteiger partial charge in [0.1, 0.15) is 0 Å². The Kier molecular flexibility index (Phi) is 6.88. The molecule has 2 aromatic carbocycles. The molecular weight excluding hydrogens is 368 g/mol. The van der Waals surface area contributed by atoms with Crippen LogP contribution in [0.2, 0.25) is 0 Å². The van der Waals surface area contributed by atoms with Gasteiger partial charge in [-0.1, -0.05) is 50.2 Å². The number of H-pyrrole nitrogens is 2. The molecule has 0 aliphatic rings. The normalized spacial score (nSPS) is 12.7. The first-order chi connectivity index (χ1) is 14.4. The molecule has 0 spiro atoms. The second kappa shape index (κ2) is 9.57. The standard InChI is InChI=1S/2C13H16N2/c2*1-9-5-4-6-12(10(9)2)11(3)13-7-14-8-15-13/h2*4-8,11H,1-3H3,(H,14,15)/t2*11-/m10/s1. The van der Waals surface area contributed by atoms with Crippen LogP contribution in [0.15, 0.2) is 61.4 Å². The van der Waals surface area contributed by atoms with Crippen molar-refractivity contribution in [3.63, 3.8) is 0 Å². The number of aromatic nitrogens is 4. The predicted molar refractivity (Wildman–Crippen MR) is 124 cm³/mol. The first-order valence-electron chi connectivity index (χ1n) is 10.5. The molecule has 0 aliphatic carbocycles. The summed E-state index contributed by atoms with van der Waals surface area (Å²) in [6.45, 7) is 13.1. The minimum Gasteiger partial charge on any atom is -0.348 e. The molecule has 0 radical (unpaired) electrons. The van der Waals surface area contributed by atoms with E-state index in [-0.39, 0.29) is 0 Å². The van der Waals surface area contributed by atoms with Crippen LogP contribution < -0.4 is 0 Å². The first-order valence-corrected chi connectivity index (χ1v) is 10.5. The Balaban J connectivity index is 0.000000171. The molecule has 0 saturated heterocycles. The van der Waals surface area contributed by atoms with E-state index < -0.39 is 0 Å². The van der Waals surface area contributed by atoms with E-state index in [1.54, 1.807) is 12.7 Å². The van der Waals surface area contributed by atoms with E-state index in [0.717, 1.165) is 0 Å². The Morgan fingerprint density at radius 3 is 1.37 bits per heavy atom. The van der Waals surface area contributed by atoms with E-state index in [1.807, 2.05) is 12.4 Å². The Labute approximate surface area is 179 Å². The summed E-state index contributed by atoms with van der Waals surface area (Å²) in [4.78, 5) is 14.5. The van der Waals surface area contributed by atoms with Gasteiger partial charge in [0, 0.05) is 35.6 Å². The number of aromatic amines is 2. The zero-order valence-corrected chi connectivity index (χ0v) is 18.8. The van der Waals surface area contributed by atoms with E-state index >= 15 is 0 Å². The molecule has 2 aromatic heterocycles. The van der Waals surface area contributed by atoms with Crippen LogP contribution in [0.4, 0.5) is 0 Å². The minimum absolute atomic E-state index is 0.382. The van der Waals surface area contributed by atoms with Gasteiger partial charge in [0.05, 0.1) is 12.7 Å². The Hall–Kier alpha value is -3.14. The molecule has 0 unspecified atom stereocenters. The third-order valence-corrected chi connectivity index (χ3v) is 6.20. The van der Waals surface area contributed by atoms with E-state index in [2.05, 4.69) is 97.9 Å². The highest BCUT2D eigenvalue weighted by molar-refractivity contribution is 5.39. The maximum atomic E-state index is 4.07. The lowest BCUT2D eigenvalue weighted by Crippen LogP contribution is -2.00. The highest BCUT2D eigenvalue weighted by atomic mass is 14.9. The van der Waals surface area contributed by atoms with Crippen molar-refractivity contribution in [2.45, 2.75) is 53.4 Å². The van der Waals surface area contributed by atoms with Crippen molar-refractivity contribution in [1.29, 1.82) is 0 Å². The molecule has 4 nitrogen and oxygen atoms in total. The van der Waals surface area contributed by atoms with Crippen molar-refractivity contribution >= 4 is 0 Å².